The first kappa shape index (κ1) is 18.0. The molecule has 3 rings (SSSR count). The van der Waals surface area contributed by atoms with E-state index in [2.05, 4.69) is 65.8 Å². The molecule has 0 saturated carbocycles. The maximum absolute atomic E-state index is 5.65. The monoisotopic (exact) mass is 400 g/mol. The van der Waals surface area contributed by atoms with E-state index in [0.29, 0.717) is 5.92 Å². The summed E-state index contributed by atoms with van der Waals surface area (Å²) in [5.41, 5.74) is 4.70. The smallest absolute Gasteiger partial charge is 0.129 e. The maximum atomic E-state index is 5.65. The number of hydrogen-bond acceptors (Lipinski definition) is 3. The number of nitrogens with zero attached hydrogens (tertiary/aromatic N) is 2. The van der Waals surface area contributed by atoms with Crippen LogP contribution in [0.25, 0.3) is 0 Å². The molecule has 1 unspecified atom stereocenters. The van der Waals surface area contributed by atoms with Crippen LogP contribution >= 0.6 is 15.9 Å². The number of rotatable bonds is 3. The van der Waals surface area contributed by atoms with Crippen LogP contribution < -0.4 is 9.64 Å². The molecule has 2 aromatic carbocycles. The van der Waals surface area contributed by atoms with Gasteiger partial charge in [0.1, 0.15) is 5.75 Å². The van der Waals surface area contributed by atoms with E-state index >= 15 is 0 Å². The Balaban J connectivity index is 2.01. The van der Waals surface area contributed by atoms with E-state index in [9.17, 15) is 0 Å². The quantitative estimate of drug-likeness (QED) is 0.596. The normalized spacial score (nSPS) is 19.1. The lowest BCUT2D eigenvalue weighted by Crippen LogP contribution is -2.45. The van der Waals surface area contributed by atoms with E-state index < -0.39 is 0 Å². The molecule has 0 saturated heterocycles. The van der Waals surface area contributed by atoms with Crippen molar-refractivity contribution >= 4 is 33.5 Å². The minimum Gasteiger partial charge on any atom is -0.496 e. The zero-order chi connectivity index (χ0) is 18.2. The lowest BCUT2D eigenvalue weighted by molar-refractivity contribution is 0.389. The first-order valence-electron chi connectivity index (χ1n) is 8.57. The molecule has 1 aliphatic rings. The van der Waals surface area contributed by atoms with Gasteiger partial charge in [0.2, 0.25) is 0 Å². The van der Waals surface area contributed by atoms with Gasteiger partial charge in [-0.05, 0) is 62.1 Å². The lowest BCUT2D eigenvalue weighted by Gasteiger charge is -2.45. The van der Waals surface area contributed by atoms with Gasteiger partial charge in [0.25, 0.3) is 0 Å². The van der Waals surface area contributed by atoms with Crippen LogP contribution in [0, 0.1) is 0 Å². The Morgan fingerprint density at radius 3 is 2.56 bits per heavy atom. The number of hydrogen-bond donors (Lipinski definition) is 0. The van der Waals surface area contributed by atoms with Crippen LogP contribution in [0.4, 0.5) is 11.4 Å². The second kappa shape index (κ2) is 6.83. The van der Waals surface area contributed by atoms with Gasteiger partial charge in [0.05, 0.1) is 12.8 Å². The third kappa shape index (κ3) is 3.59. The molecule has 2 aromatic rings. The fourth-order valence-electron chi connectivity index (χ4n) is 3.56. The summed E-state index contributed by atoms with van der Waals surface area (Å²) in [6.07, 6.45) is 3.03. The van der Waals surface area contributed by atoms with Crippen LogP contribution in [0.5, 0.6) is 5.75 Å². The first-order valence-corrected chi connectivity index (χ1v) is 9.36. The van der Waals surface area contributed by atoms with Crippen molar-refractivity contribution in [3.63, 3.8) is 0 Å². The van der Waals surface area contributed by atoms with Crippen molar-refractivity contribution in [3.8, 4) is 5.75 Å². The summed E-state index contributed by atoms with van der Waals surface area (Å²) in [6.45, 7) is 6.89. The summed E-state index contributed by atoms with van der Waals surface area (Å²) in [5, 5.41) is 0. The van der Waals surface area contributed by atoms with Crippen molar-refractivity contribution in [2.75, 3.05) is 19.1 Å². The molecule has 0 aromatic heterocycles. The number of halogens is 1. The summed E-state index contributed by atoms with van der Waals surface area (Å²) in [4.78, 5) is 6.97. The maximum Gasteiger partial charge on any atom is 0.129 e. The second-order valence-corrected chi connectivity index (χ2v) is 8.28. The van der Waals surface area contributed by atoms with Crippen LogP contribution in [0.3, 0.4) is 0 Å². The minimum atomic E-state index is 0.143. The molecule has 0 fully saturated rings. The summed E-state index contributed by atoms with van der Waals surface area (Å²) >= 11 is 3.45. The topological polar surface area (TPSA) is 24.8 Å². The summed E-state index contributed by atoms with van der Waals surface area (Å²) < 4.78 is 6.70. The Kier molecular flexibility index (Phi) is 4.92. The van der Waals surface area contributed by atoms with Gasteiger partial charge in [-0.1, -0.05) is 22.9 Å². The number of benzene rings is 2. The zero-order valence-electron chi connectivity index (χ0n) is 15.5. The Morgan fingerprint density at radius 2 is 1.92 bits per heavy atom. The third-order valence-electron chi connectivity index (χ3n) is 5.16. The highest BCUT2D eigenvalue weighted by atomic mass is 79.9. The lowest BCUT2D eigenvalue weighted by atomic mass is 9.80. The number of fused-ring (bicyclic) bond motifs is 1. The van der Waals surface area contributed by atoms with Gasteiger partial charge in [0.15, 0.2) is 0 Å². The number of ether oxygens (including phenoxy) is 1. The molecular weight excluding hydrogens is 376 g/mol. The molecule has 1 atom stereocenters. The Hall–Kier alpha value is -1.81. The van der Waals surface area contributed by atoms with Crippen LogP contribution in [-0.2, 0) is 0 Å². The van der Waals surface area contributed by atoms with Crippen molar-refractivity contribution < 1.29 is 4.74 Å². The molecule has 0 spiro atoms. The average Bonchev–Trinajstić information content (AvgIpc) is 2.58. The summed E-state index contributed by atoms with van der Waals surface area (Å²) in [7, 11) is 3.88. The molecule has 0 aliphatic carbocycles. The fraction of sp³-hybridized carbons (Fsp3) is 0.381. The van der Waals surface area contributed by atoms with Crippen LogP contribution in [-0.4, -0.2) is 25.9 Å². The van der Waals surface area contributed by atoms with Crippen LogP contribution in [0.2, 0.25) is 0 Å². The minimum absolute atomic E-state index is 0.143. The van der Waals surface area contributed by atoms with Gasteiger partial charge in [0, 0.05) is 40.6 Å². The van der Waals surface area contributed by atoms with Gasteiger partial charge in [-0.2, -0.15) is 0 Å². The highest BCUT2D eigenvalue weighted by molar-refractivity contribution is 9.10. The molecule has 25 heavy (non-hydrogen) atoms. The predicted molar refractivity (Wildman–Crippen MR) is 110 cm³/mol. The molecule has 0 amide bonds. The van der Waals surface area contributed by atoms with Crippen LogP contribution in [0.1, 0.15) is 44.2 Å². The summed E-state index contributed by atoms with van der Waals surface area (Å²) in [5.74, 6) is 1.36. The van der Waals surface area contributed by atoms with Gasteiger partial charge in [-0.15, -0.1) is 0 Å². The highest BCUT2D eigenvalue weighted by Gasteiger charge is 2.34. The molecule has 3 nitrogen and oxygen atoms in total. The van der Waals surface area contributed by atoms with Crippen molar-refractivity contribution in [1.29, 1.82) is 0 Å². The van der Waals surface area contributed by atoms with Crippen molar-refractivity contribution in [3.05, 3.63) is 52.0 Å². The molecule has 4 heteroatoms. The Morgan fingerprint density at radius 1 is 1.24 bits per heavy atom. The number of anilines is 1. The summed E-state index contributed by atoms with van der Waals surface area (Å²) in [6, 6.07) is 12.4. The van der Waals surface area contributed by atoms with E-state index in [4.69, 9.17) is 4.74 Å². The molecular formula is C21H25BrN2O. The Labute approximate surface area is 158 Å². The average molecular weight is 401 g/mol. The van der Waals surface area contributed by atoms with E-state index in [1.54, 1.807) is 7.11 Å². The zero-order valence-corrected chi connectivity index (χ0v) is 17.1. The molecule has 1 heterocycles. The molecule has 1 aliphatic heterocycles. The van der Waals surface area contributed by atoms with E-state index in [1.807, 2.05) is 30.5 Å². The van der Waals surface area contributed by atoms with Crippen molar-refractivity contribution in [2.24, 2.45) is 4.99 Å². The van der Waals surface area contributed by atoms with Gasteiger partial charge in [-0.25, -0.2) is 0 Å². The number of aliphatic imine (C=N–C) groups is 1. The van der Waals surface area contributed by atoms with E-state index in [-0.39, 0.29) is 5.54 Å². The molecule has 132 valence electrons. The fourth-order valence-corrected chi connectivity index (χ4v) is 3.82. The van der Waals surface area contributed by atoms with Crippen LogP contribution in [0.15, 0.2) is 45.9 Å². The van der Waals surface area contributed by atoms with E-state index in [0.717, 1.165) is 27.9 Å². The molecule has 0 bridgehead atoms. The predicted octanol–water partition coefficient (Wildman–Crippen LogP) is 5.93. The number of methoxy groups -OCH3 is 1. The molecule has 0 N–H and O–H groups in total. The first-order chi connectivity index (χ1) is 11.8. The molecule has 0 radical (unpaired) electrons. The third-order valence-corrected chi connectivity index (χ3v) is 5.69. The second-order valence-electron chi connectivity index (χ2n) is 7.36. The van der Waals surface area contributed by atoms with Crippen molar-refractivity contribution in [2.45, 2.75) is 38.6 Å². The SMILES string of the molecule is COc1cc2c(cc1C=Nc1ccc(Br)cc1)C(C)CC(C)(C)N2C. The highest BCUT2D eigenvalue weighted by Crippen LogP contribution is 2.44. The van der Waals surface area contributed by atoms with Crippen molar-refractivity contribution in [1.82, 2.24) is 0 Å². The van der Waals surface area contributed by atoms with Gasteiger partial charge < -0.3 is 9.64 Å². The largest absolute Gasteiger partial charge is 0.496 e. The Bertz CT molecular complexity index is 796. The van der Waals surface area contributed by atoms with E-state index in [1.165, 1.54) is 11.3 Å². The standard InChI is InChI=1S/C21H25BrN2O/c1-14-12-21(2,3)24(4)19-11-20(25-5)15(10-18(14)19)13-23-17-8-6-16(22)7-9-17/h6-11,13-14H,12H2,1-5H3. The van der Waals surface area contributed by atoms with Gasteiger partial charge in [-0.3, -0.25) is 4.99 Å². The van der Waals surface area contributed by atoms with Gasteiger partial charge >= 0.3 is 0 Å².